The van der Waals surface area contributed by atoms with E-state index < -0.39 is 23.5 Å². The molecule has 0 aliphatic carbocycles. The first-order valence-electron chi connectivity index (χ1n) is 6.16. The lowest BCUT2D eigenvalue weighted by molar-refractivity contribution is 0.482. The highest BCUT2D eigenvalue weighted by Gasteiger charge is 2.20. The second kappa shape index (κ2) is 6.41. The first kappa shape index (κ1) is 15.1. The quantitative estimate of drug-likeness (QED) is 0.857. The molecule has 0 aromatic heterocycles. The molecule has 0 aliphatic rings. The molecule has 2 aromatic carbocycles. The van der Waals surface area contributed by atoms with Gasteiger partial charge >= 0.3 is 0 Å². The molecule has 0 radical (unpaired) electrons. The van der Waals surface area contributed by atoms with Crippen LogP contribution in [0.3, 0.4) is 0 Å². The van der Waals surface area contributed by atoms with E-state index in [-0.39, 0.29) is 5.56 Å². The molecule has 1 atom stereocenters. The lowest BCUT2D eigenvalue weighted by Gasteiger charge is -2.20. The fourth-order valence-electron chi connectivity index (χ4n) is 2.05. The summed E-state index contributed by atoms with van der Waals surface area (Å²) in [5.74, 6) is -2.27. The lowest BCUT2D eigenvalue weighted by Crippen LogP contribution is -2.23. The first-order chi connectivity index (χ1) is 9.54. The van der Waals surface area contributed by atoms with Gasteiger partial charge in [-0.2, -0.15) is 0 Å². The summed E-state index contributed by atoms with van der Waals surface area (Å²) in [6.45, 7) is 2.39. The van der Waals surface area contributed by atoms with Gasteiger partial charge in [-0.1, -0.05) is 25.1 Å². The van der Waals surface area contributed by atoms with Crippen LogP contribution >= 0.6 is 15.9 Å². The van der Waals surface area contributed by atoms with Gasteiger partial charge in [-0.05, 0) is 46.2 Å². The van der Waals surface area contributed by atoms with Gasteiger partial charge in [0.05, 0.1) is 10.5 Å². The highest BCUT2D eigenvalue weighted by molar-refractivity contribution is 9.10. The molecule has 1 N–H and O–H groups in total. The molecule has 0 saturated carbocycles. The average Bonchev–Trinajstić information content (AvgIpc) is 2.43. The number of benzene rings is 2. The predicted molar refractivity (Wildman–Crippen MR) is 76.0 cm³/mol. The lowest BCUT2D eigenvalue weighted by atomic mass is 9.98. The van der Waals surface area contributed by atoms with Crippen molar-refractivity contribution in [2.24, 2.45) is 0 Å². The molecule has 2 rings (SSSR count). The maximum atomic E-state index is 13.9. The van der Waals surface area contributed by atoms with Gasteiger partial charge in [-0.15, -0.1) is 0 Å². The van der Waals surface area contributed by atoms with Gasteiger partial charge in [0.2, 0.25) is 0 Å². The Morgan fingerprint density at radius 3 is 2.50 bits per heavy atom. The van der Waals surface area contributed by atoms with Gasteiger partial charge in [0.15, 0.2) is 11.6 Å². The molecular formula is C15H13BrF3N. The van der Waals surface area contributed by atoms with E-state index >= 15 is 0 Å². The summed E-state index contributed by atoms with van der Waals surface area (Å²) in [7, 11) is 0. The molecular weight excluding hydrogens is 331 g/mol. The zero-order valence-corrected chi connectivity index (χ0v) is 12.3. The van der Waals surface area contributed by atoms with Crippen LogP contribution in [0.4, 0.5) is 13.2 Å². The summed E-state index contributed by atoms with van der Waals surface area (Å²) in [5.41, 5.74) is 0.700. The predicted octanol–water partition coefficient (Wildman–Crippen LogP) is 4.57. The Morgan fingerprint density at radius 2 is 1.85 bits per heavy atom. The van der Waals surface area contributed by atoms with E-state index in [2.05, 4.69) is 21.2 Å². The summed E-state index contributed by atoms with van der Waals surface area (Å²) in [6, 6.07) is 7.92. The van der Waals surface area contributed by atoms with Crippen molar-refractivity contribution >= 4 is 15.9 Å². The molecule has 0 bridgehead atoms. The van der Waals surface area contributed by atoms with Crippen molar-refractivity contribution in [3.63, 3.8) is 0 Å². The van der Waals surface area contributed by atoms with E-state index in [4.69, 9.17) is 0 Å². The Morgan fingerprint density at radius 1 is 1.10 bits per heavy atom. The smallest absolute Gasteiger partial charge is 0.163 e. The average molecular weight is 344 g/mol. The second-order valence-electron chi connectivity index (χ2n) is 4.31. The third kappa shape index (κ3) is 3.04. The van der Waals surface area contributed by atoms with E-state index in [1.54, 1.807) is 12.1 Å². The number of nitrogens with one attached hydrogen (secondary N) is 1. The van der Waals surface area contributed by atoms with Crippen LogP contribution < -0.4 is 5.32 Å². The van der Waals surface area contributed by atoms with E-state index in [1.807, 2.05) is 6.92 Å². The van der Waals surface area contributed by atoms with Crippen molar-refractivity contribution < 1.29 is 13.2 Å². The van der Waals surface area contributed by atoms with Gasteiger partial charge in [0, 0.05) is 5.56 Å². The van der Waals surface area contributed by atoms with E-state index in [1.165, 1.54) is 18.2 Å². The van der Waals surface area contributed by atoms with Gasteiger partial charge in [-0.3, -0.25) is 0 Å². The Kier molecular flexibility index (Phi) is 4.83. The van der Waals surface area contributed by atoms with Crippen molar-refractivity contribution in [3.05, 3.63) is 69.4 Å². The monoisotopic (exact) mass is 343 g/mol. The van der Waals surface area contributed by atoms with Gasteiger partial charge in [0.1, 0.15) is 5.82 Å². The minimum Gasteiger partial charge on any atom is -0.306 e. The highest BCUT2D eigenvalue weighted by Crippen LogP contribution is 2.28. The summed E-state index contributed by atoms with van der Waals surface area (Å²) >= 11 is 3.07. The second-order valence-corrected chi connectivity index (χ2v) is 5.16. The van der Waals surface area contributed by atoms with Crippen molar-refractivity contribution in [1.82, 2.24) is 5.32 Å². The molecule has 106 valence electrons. The largest absolute Gasteiger partial charge is 0.306 e. The first-order valence-corrected chi connectivity index (χ1v) is 6.96. The Balaban J connectivity index is 2.50. The molecule has 20 heavy (non-hydrogen) atoms. The fourth-order valence-corrected chi connectivity index (χ4v) is 2.29. The molecule has 0 fully saturated rings. The summed E-state index contributed by atoms with van der Waals surface area (Å²) in [6.07, 6.45) is 0. The summed E-state index contributed by atoms with van der Waals surface area (Å²) in [4.78, 5) is 0. The Bertz CT molecular complexity index is 616. The van der Waals surface area contributed by atoms with E-state index in [9.17, 15) is 13.2 Å². The maximum Gasteiger partial charge on any atom is 0.163 e. The zero-order valence-electron chi connectivity index (χ0n) is 10.8. The SMILES string of the molecule is CCNC(c1ccc(Br)c(F)c1)c1cccc(F)c1F. The molecule has 0 heterocycles. The van der Waals surface area contributed by atoms with Gasteiger partial charge in [-0.25, -0.2) is 13.2 Å². The number of hydrogen-bond acceptors (Lipinski definition) is 1. The van der Waals surface area contributed by atoms with Crippen molar-refractivity contribution in [2.45, 2.75) is 13.0 Å². The molecule has 0 aliphatic heterocycles. The molecule has 1 nitrogen and oxygen atoms in total. The zero-order chi connectivity index (χ0) is 14.7. The van der Waals surface area contributed by atoms with E-state index in [0.717, 1.165) is 6.07 Å². The number of rotatable bonds is 4. The van der Waals surface area contributed by atoms with Crippen LogP contribution in [0.5, 0.6) is 0 Å². The van der Waals surface area contributed by atoms with Crippen LogP contribution in [0.1, 0.15) is 24.1 Å². The molecule has 5 heteroatoms. The summed E-state index contributed by atoms with van der Waals surface area (Å²) in [5, 5.41) is 3.04. The van der Waals surface area contributed by atoms with Crippen molar-refractivity contribution in [1.29, 1.82) is 0 Å². The van der Waals surface area contributed by atoms with Crippen molar-refractivity contribution in [3.8, 4) is 0 Å². The van der Waals surface area contributed by atoms with E-state index in [0.29, 0.717) is 16.6 Å². The molecule has 0 amide bonds. The van der Waals surface area contributed by atoms with Crippen LogP contribution in [-0.2, 0) is 0 Å². The fraction of sp³-hybridized carbons (Fsp3) is 0.200. The topological polar surface area (TPSA) is 12.0 Å². The van der Waals surface area contributed by atoms with Crippen LogP contribution in [0.15, 0.2) is 40.9 Å². The van der Waals surface area contributed by atoms with Gasteiger partial charge < -0.3 is 5.32 Å². The number of hydrogen-bond donors (Lipinski definition) is 1. The van der Waals surface area contributed by atoms with Crippen LogP contribution in [0, 0.1) is 17.5 Å². The minimum atomic E-state index is -0.915. The molecule has 1 unspecified atom stereocenters. The molecule has 2 aromatic rings. The van der Waals surface area contributed by atoms with Crippen molar-refractivity contribution in [2.75, 3.05) is 6.54 Å². The maximum absolute atomic E-state index is 13.9. The molecule has 0 spiro atoms. The Hall–Kier alpha value is -1.33. The molecule has 0 saturated heterocycles. The van der Waals surface area contributed by atoms with Crippen LogP contribution in [-0.4, -0.2) is 6.54 Å². The third-order valence-corrected chi connectivity index (χ3v) is 3.62. The minimum absolute atomic E-state index is 0.161. The normalized spacial score (nSPS) is 12.4. The summed E-state index contributed by atoms with van der Waals surface area (Å²) < 4.78 is 41.2. The van der Waals surface area contributed by atoms with Crippen LogP contribution in [0.2, 0.25) is 0 Å². The third-order valence-electron chi connectivity index (χ3n) is 2.98. The Labute approximate surface area is 123 Å². The van der Waals surface area contributed by atoms with Crippen LogP contribution in [0.25, 0.3) is 0 Å². The van der Waals surface area contributed by atoms with Gasteiger partial charge in [0.25, 0.3) is 0 Å². The standard InChI is InChI=1S/C15H13BrF3N/c1-2-20-15(9-6-7-11(16)13(18)8-9)10-4-3-5-12(17)14(10)19/h3-8,15,20H,2H2,1H3. The highest BCUT2D eigenvalue weighted by atomic mass is 79.9. The number of halogens is 4.